The molecule has 0 aromatic heterocycles. The normalized spacial score (nSPS) is 10.2. The summed E-state index contributed by atoms with van der Waals surface area (Å²) in [7, 11) is 0. The summed E-state index contributed by atoms with van der Waals surface area (Å²) >= 11 is 5.79. The fourth-order valence-corrected chi connectivity index (χ4v) is 2.29. The van der Waals surface area contributed by atoms with Crippen molar-refractivity contribution in [3.05, 3.63) is 68.2 Å². The molecule has 0 aliphatic rings. The molecule has 25 heavy (non-hydrogen) atoms. The monoisotopic (exact) mass is 362 g/mol. The zero-order chi connectivity index (χ0) is 18.6. The van der Waals surface area contributed by atoms with Crippen molar-refractivity contribution < 1.29 is 19.2 Å². The quantitative estimate of drug-likeness (QED) is 0.497. The lowest BCUT2D eigenvalue weighted by Gasteiger charge is -2.09. The molecule has 0 atom stereocenters. The summed E-state index contributed by atoms with van der Waals surface area (Å²) < 4.78 is 4.97. The molecule has 0 radical (unpaired) electrons. The van der Waals surface area contributed by atoms with E-state index >= 15 is 0 Å². The van der Waals surface area contributed by atoms with Gasteiger partial charge in [0, 0.05) is 11.1 Å². The smallest absolute Gasteiger partial charge is 0.338 e. The van der Waals surface area contributed by atoms with E-state index in [0.29, 0.717) is 5.56 Å². The standard InChI is InChI=1S/C17H15ClN2O5/c1-10-3-4-11(2)13(7-10)17(22)25-9-16(21)19-14-8-12(18)5-6-15(14)20(23)24/h3-8H,9H2,1-2H3,(H,19,21). The minimum Gasteiger partial charge on any atom is -0.452 e. The van der Waals surface area contributed by atoms with Gasteiger partial charge in [-0.2, -0.15) is 0 Å². The number of amides is 1. The number of esters is 1. The fourth-order valence-electron chi connectivity index (χ4n) is 2.12. The fraction of sp³-hybridized carbons (Fsp3) is 0.176. The number of anilines is 1. The van der Waals surface area contributed by atoms with Gasteiger partial charge in [0.1, 0.15) is 5.69 Å². The second-order valence-electron chi connectivity index (χ2n) is 5.36. The van der Waals surface area contributed by atoms with Gasteiger partial charge in [0.2, 0.25) is 0 Å². The molecule has 0 unspecified atom stereocenters. The highest BCUT2D eigenvalue weighted by molar-refractivity contribution is 6.31. The summed E-state index contributed by atoms with van der Waals surface area (Å²) in [6.45, 7) is 3.02. The van der Waals surface area contributed by atoms with Gasteiger partial charge in [-0.15, -0.1) is 0 Å². The Balaban J connectivity index is 2.04. The molecule has 0 spiro atoms. The number of benzene rings is 2. The number of hydrogen-bond donors (Lipinski definition) is 1. The van der Waals surface area contributed by atoms with E-state index in [9.17, 15) is 19.7 Å². The van der Waals surface area contributed by atoms with E-state index in [0.717, 1.165) is 11.1 Å². The number of halogens is 1. The van der Waals surface area contributed by atoms with E-state index in [1.54, 1.807) is 19.1 Å². The molecule has 7 nitrogen and oxygen atoms in total. The van der Waals surface area contributed by atoms with E-state index in [1.165, 1.54) is 18.2 Å². The predicted octanol–water partition coefficient (Wildman–Crippen LogP) is 3.66. The third kappa shape index (κ3) is 4.77. The maximum atomic E-state index is 12.1. The largest absolute Gasteiger partial charge is 0.452 e. The Labute approximate surface area is 148 Å². The van der Waals surface area contributed by atoms with Crippen LogP contribution in [0, 0.1) is 24.0 Å². The number of ether oxygens (including phenoxy) is 1. The van der Waals surface area contributed by atoms with Gasteiger partial charge in [0.15, 0.2) is 6.61 Å². The molecule has 1 N–H and O–H groups in total. The summed E-state index contributed by atoms with van der Waals surface area (Å²) in [5, 5.41) is 13.5. The molecule has 2 aromatic carbocycles. The minimum atomic E-state index is -0.705. The summed E-state index contributed by atoms with van der Waals surface area (Å²) in [6, 6.07) is 9.08. The van der Waals surface area contributed by atoms with Gasteiger partial charge in [-0.25, -0.2) is 4.79 Å². The van der Waals surface area contributed by atoms with Crippen LogP contribution in [0.15, 0.2) is 36.4 Å². The number of hydrogen-bond acceptors (Lipinski definition) is 5. The van der Waals surface area contributed by atoms with Crippen molar-refractivity contribution in [3.8, 4) is 0 Å². The number of aryl methyl sites for hydroxylation is 2. The number of rotatable bonds is 5. The van der Waals surface area contributed by atoms with Crippen LogP contribution in [-0.4, -0.2) is 23.4 Å². The highest BCUT2D eigenvalue weighted by atomic mass is 35.5. The van der Waals surface area contributed by atoms with Crippen LogP contribution < -0.4 is 5.32 Å². The molecule has 0 fully saturated rings. The molecule has 0 aliphatic heterocycles. The Kier molecular flexibility index (Phi) is 5.71. The first-order valence-corrected chi connectivity index (χ1v) is 7.64. The van der Waals surface area contributed by atoms with Crippen molar-refractivity contribution >= 4 is 34.9 Å². The third-order valence-corrected chi connectivity index (χ3v) is 3.61. The van der Waals surface area contributed by atoms with Crippen LogP contribution in [0.5, 0.6) is 0 Å². The van der Waals surface area contributed by atoms with Gasteiger partial charge in [0.05, 0.1) is 10.5 Å². The number of nitro benzene ring substituents is 1. The van der Waals surface area contributed by atoms with Crippen LogP contribution in [-0.2, 0) is 9.53 Å². The molecule has 1 amide bonds. The van der Waals surface area contributed by atoms with Gasteiger partial charge in [-0.1, -0.05) is 29.3 Å². The number of carbonyl (C=O) groups excluding carboxylic acids is 2. The van der Waals surface area contributed by atoms with Gasteiger partial charge in [-0.3, -0.25) is 14.9 Å². The Morgan fingerprint density at radius 1 is 1.20 bits per heavy atom. The van der Waals surface area contributed by atoms with Crippen LogP contribution >= 0.6 is 11.6 Å². The van der Waals surface area contributed by atoms with Crippen molar-refractivity contribution in [2.75, 3.05) is 11.9 Å². The molecule has 0 aliphatic carbocycles. The summed E-state index contributed by atoms with van der Waals surface area (Å²) in [6.07, 6.45) is 0. The maximum Gasteiger partial charge on any atom is 0.338 e. The van der Waals surface area contributed by atoms with Crippen LogP contribution in [0.1, 0.15) is 21.5 Å². The second-order valence-corrected chi connectivity index (χ2v) is 5.80. The maximum absolute atomic E-state index is 12.1. The van der Waals surface area contributed by atoms with E-state index in [1.807, 2.05) is 13.0 Å². The lowest BCUT2D eigenvalue weighted by atomic mass is 10.1. The zero-order valence-electron chi connectivity index (χ0n) is 13.5. The summed E-state index contributed by atoms with van der Waals surface area (Å²) in [5.74, 6) is -1.35. The molecular weight excluding hydrogens is 348 g/mol. The Bertz CT molecular complexity index is 851. The number of carbonyl (C=O) groups is 2. The van der Waals surface area contributed by atoms with Crippen molar-refractivity contribution in [1.82, 2.24) is 0 Å². The molecule has 0 saturated heterocycles. The molecule has 0 bridgehead atoms. The van der Waals surface area contributed by atoms with Crippen molar-refractivity contribution in [2.45, 2.75) is 13.8 Å². The molecule has 2 aromatic rings. The highest BCUT2D eigenvalue weighted by Gasteiger charge is 2.18. The molecule has 0 saturated carbocycles. The Hall–Kier alpha value is -2.93. The summed E-state index contributed by atoms with van der Waals surface area (Å²) in [5.41, 5.74) is 1.60. The molecule has 2 rings (SSSR count). The SMILES string of the molecule is Cc1ccc(C)c(C(=O)OCC(=O)Nc2cc(Cl)ccc2[N+](=O)[O-])c1. The predicted molar refractivity (Wildman–Crippen MR) is 92.9 cm³/mol. The number of nitrogens with zero attached hydrogens (tertiary/aromatic N) is 1. The first-order valence-electron chi connectivity index (χ1n) is 7.26. The average molecular weight is 363 g/mol. The van der Waals surface area contributed by atoms with Gasteiger partial charge in [-0.05, 0) is 37.6 Å². The second kappa shape index (κ2) is 7.76. The number of nitrogens with one attached hydrogen (secondary N) is 1. The number of nitro groups is 1. The molecular formula is C17H15ClN2O5. The van der Waals surface area contributed by atoms with E-state index in [-0.39, 0.29) is 16.4 Å². The minimum absolute atomic E-state index is 0.0646. The zero-order valence-corrected chi connectivity index (χ0v) is 14.3. The van der Waals surface area contributed by atoms with Gasteiger partial charge in [0.25, 0.3) is 11.6 Å². The first-order chi connectivity index (χ1) is 11.8. The van der Waals surface area contributed by atoms with Crippen LogP contribution in [0.3, 0.4) is 0 Å². The van der Waals surface area contributed by atoms with E-state index in [2.05, 4.69) is 5.32 Å². The third-order valence-electron chi connectivity index (χ3n) is 3.38. The lowest BCUT2D eigenvalue weighted by molar-refractivity contribution is -0.383. The van der Waals surface area contributed by atoms with Crippen molar-refractivity contribution in [3.63, 3.8) is 0 Å². The van der Waals surface area contributed by atoms with E-state index < -0.39 is 23.4 Å². The van der Waals surface area contributed by atoms with Crippen LogP contribution in [0.4, 0.5) is 11.4 Å². The first kappa shape index (κ1) is 18.4. The molecule has 0 heterocycles. The summed E-state index contributed by atoms with van der Waals surface area (Å²) in [4.78, 5) is 34.3. The Morgan fingerprint density at radius 2 is 1.92 bits per heavy atom. The lowest BCUT2D eigenvalue weighted by Crippen LogP contribution is -2.21. The van der Waals surface area contributed by atoms with Crippen molar-refractivity contribution in [1.29, 1.82) is 0 Å². The van der Waals surface area contributed by atoms with Gasteiger partial charge < -0.3 is 10.1 Å². The van der Waals surface area contributed by atoms with Crippen LogP contribution in [0.25, 0.3) is 0 Å². The topological polar surface area (TPSA) is 98.5 Å². The van der Waals surface area contributed by atoms with Gasteiger partial charge >= 0.3 is 5.97 Å². The molecule has 130 valence electrons. The highest BCUT2D eigenvalue weighted by Crippen LogP contribution is 2.27. The van der Waals surface area contributed by atoms with Crippen LogP contribution in [0.2, 0.25) is 5.02 Å². The molecule has 8 heteroatoms. The Morgan fingerprint density at radius 3 is 2.60 bits per heavy atom. The van der Waals surface area contributed by atoms with Crippen molar-refractivity contribution in [2.24, 2.45) is 0 Å². The average Bonchev–Trinajstić information content (AvgIpc) is 2.54. The van der Waals surface area contributed by atoms with E-state index in [4.69, 9.17) is 16.3 Å².